The molecule has 32 heavy (non-hydrogen) atoms. The van der Waals surface area contributed by atoms with Crippen LogP contribution in [0.4, 0.5) is 11.4 Å². The van der Waals surface area contributed by atoms with Gasteiger partial charge in [-0.15, -0.1) is 0 Å². The van der Waals surface area contributed by atoms with Crippen molar-refractivity contribution in [2.24, 2.45) is 0 Å². The van der Waals surface area contributed by atoms with Crippen molar-refractivity contribution in [2.45, 2.75) is 45.4 Å². The summed E-state index contributed by atoms with van der Waals surface area (Å²) in [7, 11) is 4.32. The standard InChI is InChI=1S/C30H35N2/c1-22(14-12-20-27-29(2,3)23-16-8-10-18-25(23)31(27)6)15-13-21-28-30(4,5)24-17-9-11-19-26(24)32(28)7/h8-21H,1-7H3/q+1. The molecule has 2 aliphatic heterocycles. The van der Waals surface area contributed by atoms with Crippen LogP contribution in [0, 0.1) is 0 Å². The highest BCUT2D eigenvalue weighted by Gasteiger charge is 2.42. The van der Waals surface area contributed by atoms with E-state index >= 15 is 0 Å². The van der Waals surface area contributed by atoms with E-state index in [9.17, 15) is 0 Å². The number of para-hydroxylation sites is 2. The van der Waals surface area contributed by atoms with Crippen molar-refractivity contribution in [3.63, 3.8) is 0 Å². The average molecular weight is 424 g/mol. The maximum Gasteiger partial charge on any atom is 0.209 e. The van der Waals surface area contributed by atoms with E-state index < -0.39 is 0 Å². The molecule has 0 atom stereocenters. The van der Waals surface area contributed by atoms with Crippen molar-refractivity contribution in [3.05, 3.63) is 107 Å². The second kappa shape index (κ2) is 8.09. The molecule has 0 radical (unpaired) electrons. The second-order valence-electron chi connectivity index (χ2n) is 9.97. The summed E-state index contributed by atoms with van der Waals surface area (Å²) in [5.74, 6) is 0. The average Bonchev–Trinajstić information content (AvgIpc) is 3.08. The first-order valence-electron chi connectivity index (χ1n) is 11.4. The Bertz CT molecular complexity index is 1200. The van der Waals surface area contributed by atoms with Crippen LogP contribution in [0.2, 0.25) is 0 Å². The SMILES string of the molecule is CC(C=CC=C1N(C)c2ccccc2C1(C)C)=CC=CC1=[N+](C)c2ccccc2C1(C)C. The van der Waals surface area contributed by atoms with Gasteiger partial charge in [0, 0.05) is 41.6 Å². The fourth-order valence-electron chi connectivity index (χ4n) is 5.24. The van der Waals surface area contributed by atoms with Gasteiger partial charge in [-0.2, -0.15) is 4.58 Å². The number of rotatable bonds is 4. The number of likely N-dealkylation sites (N-methyl/N-ethyl adjacent to an activating group) is 1. The van der Waals surface area contributed by atoms with Crippen LogP contribution in [-0.4, -0.2) is 24.4 Å². The normalized spacial score (nSPS) is 20.7. The molecule has 0 saturated carbocycles. The van der Waals surface area contributed by atoms with E-state index in [2.05, 4.69) is 143 Å². The molecule has 0 saturated heterocycles. The number of allylic oxidation sites excluding steroid dienone is 8. The number of nitrogens with zero attached hydrogens (tertiary/aromatic N) is 2. The number of benzene rings is 2. The molecule has 2 aromatic carbocycles. The minimum absolute atomic E-state index is 0.0114. The molecular weight excluding hydrogens is 388 g/mol. The summed E-state index contributed by atoms with van der Waals surface area (Å²) in [4.78, 5) is 2.31. The minimum atomic E-state index is 0.0114. The maximum atomic E-state index is 2.31. The Morgan fingerprint density at radius 1 is 0.875 bits per heavy atom. The van der Waals surface area contributed by atoms with E-state index in [-0.39, 0.29) is 10.8 Å². The molecule has 0 fully saturated rings. The quantitative estimate of drug-likeness (QED) is 0.377. The van der Waals surface area contributed by atoms with Gasteiger partial charge >= 0.3 is 0 Å². The number of hydrogen-bond donors (Lipinski definition) is 0. The lowest BCUT2D eigenvalue weighted by Crippen LogP contribution is -2.26. The lowest BCUT2D eigenvalue weighted by molar-refractivity contribution is -0.401. The van der Waals surface area contributed by atoms with Gasteiger partial charge in [-0.1, -0.05) is 80.1 Å². The Morgan fingerprint density at radius 3 is 2.22 bits per heavy atom. The molecule has 2 aliphatic rings. The summed E-state index contributed by atoms with van der Waals surface area (Å²) in [6.07, 6.45) is 13.2. The van der Waals surface area contributed by atoms with Gasteiger partial charge in [-0.3, -0.25) is 0 Å². The summed E-state index contributed by atoms with van der Waals surface area (Å²) in [5.41, 5.74) is 9.27. The Balaban J connectivity index is 1.51. The topological polar surface area (TPSA) is 6.25 Å². The van der Waals surface area contributed by atoms with Crippen LogP contribution < -0.4 is 4.90 Å². The third-order valence-corrected chi connectivity index (χ3v) is 7.11. The van der Waals surface area contributed by atoms with Crippen LogP contribution in [0.15, 0.2) is 96.3 Å². The Hall–Kier alpha value is -3.13. The van der Waals surface area contributed by atoms with E-state index in [0.29, 0.717) is 0 Å². The van der Waals surface area contributed by atoms with Crippen LogP contribution in [0.25, 0.3) is 0 Å². The Labute approximate surface area is 193 Å². The maximum absolute atomic E-state index is 2.31. The second-order valence-corrected chi connectivity index (χ2v) is 9.97. The minimum Gasteiger partial charge on any atom is -0.347 e. The van der Waals surface area contributed by atoms with Gasteiger partial charge in [0.1, 0.15) is 7.05 Å². The molecule has 2 nitrogen and oxygen atoms in total. The van der Waals surface area contributed by atoms with Crippen LogP contribution in [0.5, 0.6) is 0 Å². The molecule has 0 aromatic heterocycles. The summed E-state index contributed by atoms with van der Waals surface area (Å²) in [5, 5.41) is 0. The molecule has 2 heterocycles. The van der Waals surface area contributed by atoms with Crippen LogP contribution in [-0.2, 0) is 10.8 Å². The molecule has 0 aliphatic carbocycles. The van der Waals surface area contributed by atoms with Crippen LogP contribution in [0.3, 0.4) is 0 Å². The number of anilines is 1. The summed E-state index contributed by atoms with van der Waals surface area (Å²) in [6, 6.07) is 17.4. The van der Waals surface area contributed by atoms with Crippen molar-refractivity contribution >= 4 is 17.1 Å². The van der Waals surface area contributed by atoms with Crippen molar-refractivity contribution in [3.8, 4) is 0 Å². The van der Waals surface area contributed by atoms with Gasteiger partial charge in [0.05, 0.1) is 5.41 Å². The molecule has 2 heteroatoms. The lowest BCUT2D eigenvalue weighted by Gasteiger charge is -2.23. The third-order valence-electron chi connectivity index (χ3n) is 7.11. The molecule has 2 aromatic rings. The van der Waals surface area contributed by atoms with E-state index in [1.807, 2.05) is 0 Å². The molecule has 0 unspecified atom stereocenters. The van der Waals surface area contributed by atoms with Crippen LogP contribution in [0.1, 0.15) is 45.7 Å². The predicted molar refractivity (Wildman–Crippen MR) is 138 cm³/mol. The van der Waals surface area contributed by atoms with Gasteiger partial charge in [0.15, 0.2) is 5.71 Å². The molecule has 164 valence electrons. The third kappa shape index (κ3) is 3.58. The zero-order valence-corrected chi connectivity index (χ0v) is 20.5. The number of hydrogen-bond acceptors (Lipinski definition) is 1. The Morgan fingerprint density at radius 2 is 1.53 bits per heavy atom. The highest BCUT2D eigenvalue weighted by molar-refractivity contribution is 6.03. The van der Waals surface area contributed by atoms with Gasteiger partial charge in [-0.05, 0) is 38.5 Å². The first kappa shape index (κ1) is 22.1. The Kier molecular flexibility index (Phi) is 5.58. The first-order valence-corrected chi connectivity index (χ1v) is 11.4. The molecule has 0 N–H and O–H groups in total. The lowest BCUT2D eigenvalue weighted by atomic mass is 9.81. The summed E-state index contributed by atoms with van der Waals surface area (Å²) >= 11 is 0. The van der Waals surface area contributed by atoms with Gasteiger partial charge < -0.3 is 4.90 Å². The molecule has 0 bridgehead atoms. The fourth-order valence-corrected chi connectivity index (χ4v) is 5.24. The van der Waals surface area contributed by atoms with Gasteiger partial charge in [-0.25, -0.2) is 0 Å². The smallest absolute Gasteiger partial charge is 0.209 e. The summed E-state index contributed by atoms with van der Waals surface area (Å²) < 4.78 is 2.31. The van der Waals surface area contributed by atoms with E-state index in [4.69, 9.17) is 0 Å². The highest BCUT2D eigenvalue weighted by Crippen LogP contribution is 2.46. The van der Waals surface area contributed by atoms with Gasteiger partial charge in [0.2, 0.25) is 5.69 Å². The zero-order valence-electron chi connectivity index (χ0n) is 20.5. The molecule has 0 spiro atoms. The predicted octanol–water partition coefficient (Wildman–Crippen LogP) is 7.06. The van der Waals surface area contributed by atoms with Crippen molar-refractivity contribution in [2.75, 3.05) is 19.0 Å². The zero-order chi connectivity index (χ0) is 23.1. The van der Waals surface area contributed by atoms with Crippen molar-refractivity contribution < 1.29 is 4.58 Å². The van der Waals surface area contributed by atoms with Crippen molar-refractivity contribution in [1.82, 2.24) is 0 Å². The fraction of sp³-hybridized carbons (Fsp3) is 0.300. The monoisotopic (exact) mass is 423 g/mol. The molecular formula is C30H35N2+. The molecule has 4 rings (SSSR count). The van der Waals surface area contributed by atoms with E-state index in [0.717, 1.165) is 0 Å². The summed E-state index contributed by atoms with van der Waals surface area (Å²) in [6.45, 7) is 11.4. The van der Waals surface area contributed by atoms with Crippen molar-refractivity contribution in [1.29, 1.82) is 0 Å². The largest absolute Gasteiger partial charge is 0.347 e. The first-order chi connectivity index (χ1) is 15.2. The van der Waals surface area contributed by atoms with E-state index in [1.165, 1.54) is 39.5 Å². The number of fused-ring (bicyclic) bond motifs is 2. The van der Waals surface area contributed by atoms with Crippen LogP contribution >= 0.6 is 0 Å². The highest BCUT2D eigenvalue weighted by atomic mass is 15.2. The van der Waals surface area contributed by atoms with E-state index in [1.54, 1.807) is 0 Å². The molecule has 0 amide bonds. The van der Waals surface area contributed by atoms with Gasteiger partial charge in [0.25, 0.3) is 0 Å².